The largest absolute Gasteiger partial charge is 0.478 e. The Morgan fingerprint density at radius 2 is 1.95 bits per heavy atom. The van der Waals surface area contributed by atoms with Crippen molar-refractivity contribution in [2.45, 2.75) is 24.7 Å². The van der Waals surface area contributed by atoms with Gasteiger partial charge < -0.3 is 10.0 Å². The van der Waals surface area contributed by atoms with Gasteiger partial charge in [0.1, 0.15) is 0 Å². The Morgan fingerprint density at radius 1 is 1.29 bits per heavy atom. The number of nitrogens with zero attached hydrogens (tertiary/aromatic N) is 1. The Balaban J connectivity index is 2.70. The number of hydrogen-bond donors (Lipinski definition) is 2. The first-order chi connectivity index (χ1) is 9.74. The predicted molar refractivity (Wildman–Crippen MR) is 81.1 cm³/mol. The number of rotatable bonds is 8. The molecule has 0 fully saturated rings. The SMILES string of the molecule is Cc1ccc(S(=O)(=O)NCCCCN(C)C)cc1C(=O)O. The quantitative estimate of drug-likeness (QED) is 0.707. The van der Waals surface area contributed by atoms with Gasteiger partial charge in [-0.1, -0.05) is 6.07 Å². The minimum absolute atomic E-state index is 0.00508. The molecule has 1 aromatic rings. The van der Waals surface area contributed by atoms with Gasteiger partial charge in [-0.05, 0) is 58.1 Å². The average molecular weight is 314 g/mol. The maximum absolute atomic E-state index is 12.1. The standard InChI is InChI=1S/C14H22N2O4S/c1-11-6-7-12(10-13(11)14(17)18)21(19,20)15-8-4-5-9-16(2)3/h6-7,10,15H,4-5,8-9H2,1-3H3,(H,17,18). The first-order valence-corrected chi connectivity index (χ1v) is 8.20. The molecule has 7 heteroatoms. The summed E-state index contributed by atoms with van der Waals surface area (Å²) in [6, 6.07) is 4.12. The minimum Gasteiger partial charge on any atom is -0.478 e. The number of benzene rings is 1. The number of carbonyl (C=O) groups is 1. The summed E-state index contributed by atoms with van der Waals surface area (Å²) in [5, 5.41) is 9.03. The molecule has 0 heterocycles. The zero-order valence-corrected chi connectivity index (χ0v) is 13.4. The zero-order valence-electron chi connectivity index (χ0n) is 12.6. The number of carboxylic acid groups (broad SMARTS) is 1. The number of nitrogens with one attached hydrogen (secondary N) is 1. The van der Waals surface area contributed by atoms with E-state index in [0.717, 1.165) is 19.4 Å². The van der Waals surface area contributed by atoms with Crippen molar-refractivity contribution in [1.82, 2.24) is 9.62 Å². The fourth-order valence-electron chi connectivity index (χ4n) is 1.84. The van der Waals surface area contributed by atoms with Gasteiger partial charge in [0.05, 0.1) is 10.5 Å². The lowest BCUT2D eigenvalue weighted by Crippen LogP contribution is -2.26. The van der Waals surface area contributed by atoms with Crippen LogP contribution in [0.25, 0.3) is 0 Å². The van der Waals surface area contributed by atoms with Gasteiger partial charge in [-0.15, -0.1) is 0 Å². The number of carboxylic acids is 1. The molecule has 0 aliphatic rings. The number of hydrogen-bond acceptors (Lipinski definition) is 4. The maximum Gasteiger partial charge on any atom is 0.335 e. The van der Waals surface area contributed by atoms with Crippen LogP contribution in [0.3, 0.4) is 0 Å². The molecule has 0 spiro atoms. The van der Waals surface area contributed by atoms with Gasteiger partial charge in [0, 0.05) is 6.54 Å². The van der Waals surface area contributed by atoms with Crippen LogP contribution in [0.15, 0.2) is 23.1 Å². The highest BCUT2D eigenvalue weighted by molar-refractivity contribution is 7.89. The van der Waals surface area contributed by atoms with E-state index < -0.39 is 16.0 Å². The molecule has 0 aromatic heterocycles. The number of sulfonamides is 1. The number of unbranched alkanes of at least 4 members (excludes halogenated alkanes) is 1. The highest BCUT2D eigenvalue weighted by Crippen LogP contribution is 2.15. The molecule has 1 aromatic carbocycles. The van der Waals surface area contributed by atoms with Gasteiger partial charge >= 0.3 is 5.97 Å². The van der Waals surface area contributed by atoms with Crippen molar-refractivity contribution >= 4 is 16.0 Å². The molecule has 0 atom stereocenters. The smallest absolute Gasteiger partial charge is 0.335 e. The molecule has 2 N–H and O–H groups in total. The van der Waals surface area contributed by atoms with Crippen molar-refractivity contribution in [3.05, 3.63) is 29.3 Å². The van der Waals surface area contributed by atoms with E-state index in [4.69, 9.17) is 5.11 Å². The molecule has 0 amide bonds. The lowest BCUT2D eigenvalue weighted by molar-refractivity contribution is 0.0696. The molecule has 0 saturated heterocycles. The van der Waals surface area contributed by atoms with E-state index >= 15 is 0 Å². The summed E-state index contributed by atoms with van der Waals surface area (Å²) in [5.41, 5.74) is 0.540. The highest BCUT2D eigenvalue weighted by Gasteiger charge is 2.17. The molecule has 21 heavy (non-hydrogen) atoms. The first-order valence-electron chi connectivity index (χ1n) is 6.72. The molecule has 118 valence electrons. The topological polar surface area (TPSA) is 86.7 Å². The molecule has 1 rings (SSSR count). The van der Waals surface area contributed by atoms with Gasteiger partial charge in [-0.25, -0.2) is 17.9 Å². The van der Waals surface area contributed by atoms with Crippen molar-refractivity contribution in [3.63, 3.8) is 0 Å². The van der Waals surface area contributed by atoms with E-state index in [2.05, 4.69) is 4.72 Å². The molecule has 0 bridgehead atoms. The summed E-state index contributed by atoms with van der Waals surface area (Å²) in [6.07, 6.45) is 1.62. The van der Waals surface area contributed by atoms with E-state index in [9.17, 15) is 13.2 Å². The van der Waals surface area contributed by atoms with Gasteiger partial charge in [-0.2, -0.15) is 0 Å². The predicted octanol–water partition coefficient (Wildman–Crippen LogP) is 1.31. The minimum atomic E-state index is -3.66. The summed E-state index contributed by atoms with van der Waals surface area (Å²) in [6.45, 7) is 2.87. The normalized spacial score (nSPS) is 11.8. The van der Waals surface area contributed by atoms with E-state index in [1.54, 1.807) is 6.92 Å². The lowest BCUT2D eigenvalue weighted by atomic mass is 10.1. The van der Waals surface area contributed by atoms with Crippen molar-refractivity contribution in [2.75, 3.05) is 27.2 Å². The van der Waals surface area contributed by atoms with Crippen LogP contribution in [0.1, 0.15) is 28.8 Å². The Morgan fingerprint density at radius 3 is 2.52 bits per heavy atom. The molecule has 0 unspecified atom stereocenters. The van der Waals surface area contributed by atoms with Crippen molar-refractivity contribution in [2.24, 2.45) is 0 Å². The van der Waals surface area contributed by atoms with Gasteiger partial charge in [0.15, 0.2) is 0 Å². The van der Waals surface area contributed by atoms with E-state index in [1.165, 1.54) is 18.2 Å². The fourth-order valence-corrected chi connectivity index (χ4v) is 2.94. The van der Waals surface area contributed by atoms with Crippen LogP contribution in [-0.4, -0.2) is 51.6 Å². The highest BCUT2D eigenvalue weighted by atomic mass is 32.2. The van der Waals surface area contributed by atoms with Gasteiger partial charge in [0.2, 0.25) is 10.0 Å². The Labute approximate surface area is 125 Å². The van der Waals surface area contributed by atoms with Gasteiger partial charge in [-0.3, -0.25) is 0 Å². The summed E-state index contributed by atoms with van der Waals surface area (Å²) >= 11 is 0. The van der Waals surface area contributed by atoms with Crippen LogP contribution in [0, 0.1) is 6.92 Å². The second kappa shape index (κ2) is 7.53. The van der Waals surface area contributed by atoms with Gasteiger partial charge in [0.25, 0.3) is 0 Å². The Hall–Kier alpha value is -1.44. The van der Waals surface area contributed by atoms with E-state index in [0.29, 0.717) is 12.1 Å². The Kier molecular flexibility index (Phi) is 6.32. The molecule has 0 aliphatic carbocycles. The fraction of sp³-hybridized carbons (Fsp3) is 0.500. The Bertz CT molecular complexity index is 597. The summed E-state index contributed by atoms with van der Waals surface area (Å²) < 4.78 is 26.7. The van der Waals surface area contributed by atoms with Crippen LogP contribution in [0.4, 0.5) is 0 Å². The van der Waals surface area contributed by atoms with Crippen molar-refractivity contribution < 1.29 is 18.3 Å². The monoisotopic (exact) mass is 314 g/mol. The van der Waals surface area contributed by atoms with Crippen LogP contribution in [0.5, 0.6) is 0 Å². The molecule has 6 nitrogen and oxygen atoms in total. The maximum atomic E-state index is 12.1. The average Bonchev–Trinajstić information content (AvgIpc) is 2.37. The zero-order chi connectivity index (χ0) is 16.0. The summed E-state index contributed by atoms with van der Waals surface area (Å²) in [4.78, 5) is 13.1. The molecular formula is C14H22N2O4S. The van der Waals surface area contributed by atoms with Crippen LogP contribution < -0.4 is 4.72 Å². The summed E-state index contributed by atoms with van der Waals surface area (Å²) in [7, 11) is 0.264. The third-order valence-electron chi connectivity index (χ3n) is 3.07. The van der Waals surface area contributed by atoms with Crippen molar-refractivity contribution in [3.8, 4) is 0 Å². The molecule has 0 saturated carbocycles. The van der Waals surface area contributed by atoms with Crippen LogP contribution >= 0.6 is 0 Å². The number of aryl methyl sites for hydroxylation is 1. The van der Waals surface area contributed by atoms with E-state index in [1.807, 2.05) is 19.0 Å². The first kappa shape index (κ1) is 17.6. The lowest BCUT2D eigenvalue weighted by Gasteiger charge is -2.10. The second-order valence-corrected chi connectivity index (χ2v) is 6.96. The third kappa shape index (κ3) is 5.45. The van der Waals surface area contributed by atoms with Crippen LogP contribution in [0.2, 0.25) is 0 Å². The number of aromatic carboxylic acids is 1. The molecule has 0 radical (unpaired) electrons. The van der Waals surface area contributed by atoms with Crippen LogP contribution in [-0.2, 0) is 10.0 Å². The van der Waals surface area contributed by atoms with Crippen molar-refractivity contribution in [1.29, 1.82) is 0 Å². The summed E-state index contributed by atoms with van der Waals surface area (Å²) in [5.74, 6) is -1.13. The second-order valence-electron chi connectivity index (χ2n) is 5.19. The third-order valence-corrected chi connectivity index (χ3v) is 4.53. The molecule has 0 aliphatic heterocycles. The molecular weight excluding hydrogens is 292 g/mol. The van der Waals surface area contributed by atoms with E-state index in [-0.39, 0.29) is 10.5 Å².